The largest absolute Gasteiger partial charge is 0.456 e. The Morgan fingerprint density at radius 2 is 1.73 bits per heavy atom. The number of benzene rings is 2. The summed E-state index contributed by atoms with van der Waals surface area (Å²) in [6.07, 6.45) is 0.271. The van der Waals surface area contributed by atoms with Crippen molar-refractivity contribution in [3.05, 3.63) is 66.4 Å². The zero-order chi connectivity index (χ0) is 14.9. The van der Waals surface area contributed by atoms with Crippen LogP contribution in [0.25, 0.3) is 33.2 Å². The normalized spacial score (nSPS) is 10.9. The van der Waals surface area contributed by atoms with E-state index in [1.54, 1.807) is 0 Å². The van der Waals surface area contributed by atoms with Gasteiger partial charge in [0.2, 0.25) is 0 Å². The monoisotopic (exact) mass is 284 g/mol. The fraction of sp³-hybridized carbons (Fsp3) is 0.0526. The van der Waals surface area contributed by atoms with E-state index in [4.69, 9.17) is 14.7 Å². The molecule has 22 heavy (non-hydrogen) atoms. The molecule has 0 aliphatic carbocycles. The number of para-hydroxylation sites is 1. The summed E-state index contributed by atoms with van der Waals surface area (Å²) >= 11 is 0. The molecule has 3 heteroatoms. The minimum atomic E-state index is 0.271. The van der Waals surface area contributed by atoms with Crippen LogP contribution in [-0.2, 0) is 6.42 Å². The van der Waals surface area contributed by atoms with Crippen LogP contribution in [0.2, 0.25) is 0 Å². The number of nitrogens with zero attached hydrogens (tertiary/aromatic N) is 2. The van der Waals surface area contributed by atoms with E-state index in [0.717, 1.165) is 38.9 Å². The van der Waals surface area contributed by atoms with E-state index in [0.29, 0.717) is 0 Å². The predicted molar refractivity (Wildman–Crippen MR) is 86.3 cm³/mol. The molecule has 0 amide bonds. The molecule has 2 aromatic heterocycles. The van der Waals surface area contributed by atoms with Crippen molar-refractivity contribution in [1.82, 2.24) is 4.98 Å². The molecule has 0 aliphatic rings. The minimum absolute atomic E-state index is 0.271. The molecule has 0 atom stereocenters. The molecule has 0 N–H and O–H groups in total. The van der Waals surface area contributed by atoms with Gasteiger partial charge in [0.25, 0.3) is 0 Å². The maximum atomic E-state index is 8.97. The van der Waals surface area contributed by atoms with Crippen LogP contribution >= 0.6 is 0 Å². The fourth-order valence-corrected chi connectivity index (χ4v) is 2.77. The first-order valence-electron chi connectivity index (χ1n) is 7.10. The third-order valence-corrected chi connectivity index (χ3v) is 3.72. The molecule has 2 heterocycles. The van der Waals surface area contributed by atoms with Crippen LogP contribution in [0.4, 0.5) is 0 Å². The van der Waals surface area contributed by atoms with E-state index >= 15 is 0 Å². The Kier molecular flexibility index (Phi) is 2.87. The molecule has 0 bridgehead atoms. The lowest BCUT2D eigenvalue weighted by Gasteiger charge is -2.05. The Bertz CT molecular complexity index is 1010. The number of nitriles is 1. The topological polar surface area (TPSA) is 49.8 Å². The predicted octanol–water partition coefficient (Wildman–Crippen LogP) is 4.71. The van der Waals surface area contributed by atoms with Crippen LogP contribution in [-0.4, -0.2) is 4.98 Å². The molecule has 0 saturated heterocycles. The second-order valence-electron chi connectivity index (χ2n) is 5.13. The Balaban J connectivity index is 2.13. The molecule has 0 unspecified atom stereocenters. The summed E-state index contributed by atoms with van der Waals surface area (Å²) in [7, 11) is 0. The molecular weight excluding hydrogens is 272 g/mol. The zero-order valence-electron chi connectivity index (χ0n) is 11.8. The zero-order valence-corrected chi connectivity index (χ0v) is 11.8. The standard InChI is InChI=1S/C19H12N2O/c20-11-10-14-12-17-18(15-8-4-5-9-16(15)22-17)19(21-14)13-6-2-1-3-7-13/h1-9,12H,10H2. The number of fused-ring (bicyclic) bond motifs is 3. The summed E-state index contributed by atoms with van der Waals surface area (Å²) in [5, 5.41) is 11.0. The third-order valence-electron chi connectivity index (χ3n) is 3.72. The van der Waals surface area contributed by atoms with Gasteiger partial charge in [0, 0.05) is 17.0 Å². The van der Waals surface area contributed by atoms with Crippen molar-refractivity contribution in [2.75, 3.05) is 0 Å². The maximum absolute atomic E-state index is 8.97. The number of hydrogen-bond acceptors (Lipinski definition) is 3. The van der Waals surface area contributed by atoms with Gasteiger partial charge in [-0.1, -0.05) is 48.5 Å². The Hall–Kier alpha value is -3.12. The van der Waals surface area contributed by atoms with E-state index in [2.05, 4.69) is 6.07 Å². The second kappa shape index (κ2) is 5.01. The van der Waals surface area contributed by atoms with Crippen molar-refractivity contribution < 1.29 is 4.42 Å². The number of rotatable bonds is 2. The van der Waals surface area contributed by atoms with Gasteiger partial charge in [0.05, 0.1) is 29.3 Å². The van der Waals surface area contributed by atoms with Crippen molar-refractivity contribution in [1.29, 1.82) is 5.26 Å². The SMILES string of the molecule is N#CCc1cc2oc3ccccc3c2c(-c2ccccc2)n1. The highest BCUT2D eigenvalue weighted by molar-refractivity contribution is 6.11. The number of hydrogen-bond donors (Lipinski definition) is 0. The van der Waals surface area contributed by atoms with Gasteiger partial charge < -0.3 is 4.42 Å². The van der Waals surface area contributed by atoms with Crippen LogP contribution in [0.15, 0.2) is 65.1 Å². The summed E-state index contributed by atoms with van der Waals surface area (Å²) in [5.74, 6) is 0. The van der Waals surface area contributed by atoms with Crippen molar-refractivity contribution in [2.45, 2.75) is 6.42 Å². The quantitative estimate of drug-likeness (QED) is 0.535. The molecule has 0 saturated carbocycles. The summed E-state index contributed by atoms with van der Waals surface area (Å²) in [4.78, 5) is 4.70. The Labute approximate surface area is 127 Å². The van der Waals surface area contributed by atoms with Gasteiger partial charge in [-0.05, 0) is 6.07 Å². The molecule has 104 valence electrons. The van der Waals surface area contributed by atoms with Crippen molar-refractivity contribution >= 4 is 21.9 Å². The molecule has 0 aliphatic heterocycles. The Morgan fingerprint density at radius 1 is 0.955 bits per heavy atom. The second-order valence-corrected chi connectivity index (χ2v) is 5.13. The average molecular weight is 284 g/mol. The number of furan rings is 1. The van der Waals surface area contributed by atoms with Gasteiger partial charge in [0.1, 0.15) is 11.2 Å². The molecule has 0 spiro atoms. The van der Waals surface area contributed by atoms with Crippen LogP contribution in [0.3, 0.4) is 0 Å². The van der Waals surface area contributed by atoms with E-state index in [1.165, 1.54) is 0 Å². The van der Waals surface area contributed by atoms with Crippen molar-refractivity contribution in [3.8, 4) is 17.3 Å². The fourth-order valence-electron chi connectivity index (χ4n) is 2.77. The first-order valence-corrected chi connectivity index (χ1v) is 7.10. The number of aromatic nitrogens is 1. The van der Waals surface area contributed by atoms with Gasteiger partial charge in [0.15, 0.2) is 0 Å². The molecule has 0 fully saturated rings. The first-order chi connectivity index (χ1) is 10.9. The van der Waals surface area contributed by atoms with E-state index < -0.39 is 0 Å². The van der Waals surface area contributed by atoms with Crippen LogP contribution in [0.5, 0.6) is 0 Å². The highest BCUT2D eigenvalue weighted by Gasteiger charge is 2.15. The summed E-state index contributed by atoms with van der Waals surface area (Å²) in [6.45, 7) is 0. The van der Waals surface area contributed by atoms with Gasteiger partial charge in [-0.15, -0.1) is 0 Å². The van der Waals surface area contributed by atoms with Crippen LogP contribution in [0, 0.1) is 11.3 Å². The molecule has 3 nitrogen and oxygen atoms in total. The number of pyridine rings is 1. The summed E-state index contributed by atoms with van der Waals surface area (Å²) < 4.78 is 5.95. The van der Waals surface area contributed by atoms with Gasteiger partial charge in [-0.2, -0.15) is 5.26 Å². The molecule has 4 aromatic rings. The molecule has 2 aromatic carbocycles. The molecular formula is C19H12N2O. The van der Waals surface area contributed by atoms with Crippen molar-refractivity contribution in [3.63, 3.8) is 0 Å². The van der Waals surface area contributed by atoms with Crippen LogP contribution in [0.1, 0.15) is 5.69 Å². The van der Waals surface area contributed by atoms with E-state index in [9.17, 15) is 0 Å². The maximum Gasteiger partial charge on any atom is 0.139 e. The third kappa shape index (κ3) is 1.94. The smallest absolute Gasteiger partial charge is 0.139 e. The summed E-state index contributed by atoms with van der Waals surface area (Å²) in [5.41, 5.74) is 4.24. The van der Waals surface area contributed by atoms with E-state index in [1.807, 2.05) is 60.7 Å². The average Bonchev–Trinajstić information content (AvgIpc) is 2.93. The van der Waals surface area contributed by atoms with Gasteiger partial charge in [-0.3, -0.25) is 4.98 Å². The lowest BCUT2D eigenvalue weighted by molar-refractivity contribution is 0.668. The van der Waals surface area contributed by atoms with E-state index in [-0.39, 0.29) is 6.42 Å². The Morgan fingerprint density at radius 3 is 2.55 bits per heavy atom. The van der Waals surface area contributed by atoms with Gasteiger partial charge >= 0.3 is 0 Å². The lowest BCUT2D eigenvalue weighted by atomic mass is 10.0. The molecule has 4 rings (SSSR count). The van der Waals surface area contributed by atoms with Gasteiger partial charge in [-0.25, -0.2) is 0 Å². The highest BCUT2D eigenvalue weighted by atomic mass is 16.3. The highest BCUT2D eigenvalue weighted by Crippen LogP contribution is 2.35. The minimum Gasteiger partial charge on any atom is -0.456 e. The van der Waals surface area contributed by atoms with Crippen LogP contribution < -0.4 is 0 Å². The molecule has 0 radical (unpaired) electrons. The summed E-state index contributed by atoms with van der Waals surface area (Å²) in [6, 6.07) is 22.0. The lowest BCUT2D eigenvalue weighted by Crippen LogP contribution is -1.92. The first kappa shape index (κ1) is 12.6. The van der Waals surface area contributed by atoms with Crippen molar-refractivity contribution in [2.24, 2.45) is 0 Å².